The highest BCUT2D eigenvalue weighted by atomic mass is 16.4. The summed E-state index contributed by atoms with van der Waals surface area (Å²) in [5, 5.41) is 33.1. The molecule has 0 aliphatic rings. The summed E-state index contributed by atoms with van der Waals surface area (Å²) in [7, 11) is 0. The fourth-order valence-electron chi connectivity index (χ4n) is 0.669. The van der Waals surface area contributed by atoms with E-state index in [9.17, 15) is 14.4 Å². The first kappa shape index (κ1) is 26.1. The lowest BCUT2D eigenvalue weighted by Gasteiger charge is -1.97. The number of Topliss-reactive ketones (excluding diaryl/α,β-unsaturated/α-hetero) is 1. The Bertz CT molecular complexity index is 446. The van der Waals surface area contributed by atoms with E-state index in [4.69, 9.17) is 45.4 Å². The lowest BCUT2D eigenvalue weighted by Crippen LogP contribution is -2.29. The van der Waals surface area contributed by atoms with Crippen LogP contribution in [0.3, 0.4) is 0 Å². The summed E-state index contributed by atoms with van der Waals surface area (Å²) in [6.07, 6.45) is 12.0. The summed E-state index contributed by atoms with van der Waals surface area (Å²) in [5.41, 5.74) is 4.98. The Labute approximate surface area is 140 Å². The molecule has 0 rings (SSSR count). The van der Waals surface area contributed by atoms with Crippen molar-refractivity contribution in [3.8, 4) is 37.0 Å². The molecule has 0 aromatic heterocycles. The van der Waals surface area contributed by atoms with Crippen LogP contribution in [0, 0.1) is 37.0 Å². The number of hydrogen-bond acceptors (Lipinski definition) is 6. The van der Waals surface area contributed by atoms with Crippen LogP contribution < -0.4 is 5.73 Å². The van der Waals surface area contributed by atoms with Crippen molar-refractivity contribution in [2.45, 2.75) is 44.4 Å². The highest BCUT2D eigenvalue weighted by Gasteiger charge is 2.09. The van der Waals surface area contributed by atoms with Crippen molar-refractivity contribution < 1.29 is 34.8 Å². The molecule has 0 unspecified atom stereocenters. The fraction of sp³-hybridized carbons (Fsp3) is 0.438. The minimum atomic E-state index is -1.40. The average molecular weight is 339 g/mol. The number of terminal acetylenes is 3. The largest absolute Gasteiger partial charge is 0.480 e. The first-order valence-electron chi connectivity index (χ1n) is 6.43. The van der Waals surface area contributed by atoms with Crippen molar-refractivity contribution in [3.63, 3.8) is 0 Å². The van der Waals surface area contributed by atoms with Crippen LogP contribution in [0.4, 0.5) is 0 Å². The molecule has 8 nitrogen and oxygen atoms in total. The summed E-state index contributed by atoms with van der Waals surface area (Å²) < 4.78 is 0. The Morgan fingerprint density at radius 1 is 0.875 bits per heavy atom. The standard InChI is InChI=1S/C6H8O2.C5H7NO2.C5H6O3/c1-3-4-6(8)5(2)7;2*1-2-3-4(6)5(7)8/h1,6,8H,4H2,2H3;1,4H,3,6H2,(H,7,8);1,4,6H,3H2,(H,7,8)/t6-;2*4-/m111/s1. The van der Waals surface area contributed by atoms with E-state index in [0.717, 1.165) is 0 Å². The fourth-order valence-corrected chi connectivity index (χ4v) is 0.669. The van der Waals surface area contributed by atoms with E-state index in [-0.39, 0.29) is 25.0 Å². The zero-order valence-electron chi connectivity index (χ0n) is 13.2. The second-order valence-corrected chi connectivity index (χ2v) is 4.15. The summed E-state index contributed by atoms with van der Waals surface area (Å²) in [6, 6.07) is -0.903. The van der Waals surface area contributed by atoms with Crippen molar-refractivity contribution in [2.75, 3.05) is 0 Å². The van der Waals surface area contributed by atoms with E-state index >= 15 is 0 Å². The first-order valence-corrected chi connectivity index (χ1v) is 6.43. The number of carbonyl (C=O) groups excluding carboxylic acids is 1. The molecule has 0 heterocycles. The van der Waals surface area contributed by atoms with Gasteiger partial charge in [0.2, 0.25) is 0 Å². The number of carboxylic acids is 2. The maximum atomic E-state index is 10.2. The number of rotatable bonds is 6. The van der Waals surface area contributed by atoms with Crippen LogP contribution in [-0.4, -0.2) is 56.4 Å². The summed E-state index contributed by atoms with van der Waals surface area (Å²) in [4.78, 5) is 29.8. The third kappa shape index (κ3) is 19.2. The topological polar surface area (TPSA) is 158 Å². The zero-order chi connectivity index (χ0) is 19.7. The Hall–Kier alpha value is -2.83. The van der Waals surface area contributed by atoms with Crippen LogP contribution in [0.1, 0.15) is 26.2 Å². The quantitative estimate of drug-likeness (QED) is 0.379. The van der Waals surface area contributed by atoms with Crippen LogP contribution in [0.25, 0.3) is 0 Å². The molecule has 8 heteroatoms. The lowest BCUT2D eigenvalue weighted by atomic mass is 10.2. The van der Waals surface area contributed by atoms with E-state index in [1.165, 1.54) is 6.92 Å². The van der Waals surface area contributed by atoms with Crippen molar-refractivity contribution in [2.24, 2.45) is 5.73 Å². The van der Waals surface area contributed by atoms with Gasteiger partial charge in [-0.05, 0) is 6.92 Å². The van der Waals surface area contributed by atoms with Crippen LogP contribution in [0.15, 0.2) is 0 Å². The number of hydrogen-bond donors (Lipinski definition) is 5. The lowest BCUT2D eigenvalue weighted by molar-refractivity contribution is -0.146. The van der Waals surface area contributed by atoms with Gasteiger partial charge in [-0.15, -0.1) is 37.0 Å². The Balaban J connectivity index is -0.000000276. The first-order chi connectivity index (χ1) is 11.0. The smallest absolute Gasteiger partial charge is 0.333 e. The third-order valence-electron chi connectivity index (χ3n) is 2.03. The third-order valence-corrected chi connectivity index (χ3v) is 2.03. The number of aliphatic hydroxyl groups is 2. The maximum Gasteiger partial charge on any atom is 0.333 e. The van der Waals surface area contributed by atoms with E-state index in [0.29, 0.717) is 0 Å². The number of aliphatic hydroxyl groups excluding tert-OH is 2. The zero-order valence-corrected chi connectivity index (χ0v) is 13.2. The van der Waals surface area contributed by atoms with E-state index in [2.05, 4.69) is 11.8 Å². The van der Waals surface area contributed by atoms with Crippen LogP contribution in [0.2, 0.25) is 0 Å². The monoisotopic (exact) mass is 339 g/mol. The summed E-state index contributed by atoms with van der Waals surface area (Å²) >= 11 is 0. The number of nitrogens with two attached hydrogens (primary N) is 1. The normalized spacial score (nSPS) is 12.0. The summed E-state index contributed by atoms with van der Waals surface area (Å²) in [6.45, 7) is 1.31. The van der Waals surface area contributed by atoms with Gasteiger partial charge in [0.25, 0.3) is 0 Å². The molecule has 0 aromatic rings. The van der Waals surface area contributed by atoms with Gasteiger partial charge in [-0.2, -0.15) is 0 Å². The van der Waals surface area contributed by atoms with Crippen LogP contribution in [-0.2, 0) is 14.4 Å². The second-order valence-electron chi connectivity index (χ2n) is 4.15. The number of carboxylic acid groups (broad SMARTS) is 2. The van der Waals surface area contributed by atoms with Crippen molar-refractivity contribution >= 4 is 17.7 Å². The van der Waals surface area contributed by atoms with Gasteiger partial charge < -0.3 is 26.2 Å². The molecule has 132 valence electrons. The van der Waals surface area contributed by atoms with Crippen LogP contribution >= 0.6 is 0 Å². The van der Waals surface area contributed by atoms with Gasteiger partial charge in [0.1, 0.15) is 12.1 Å². The minimum absolute atomic E-state index is 0.0926. The molecule has 0 spiro atoms. The van der Waals surface area contributed by atoms with Gasteiger partial charge in [-0.3, -0.25) is 9.59 Å². The van der Waals surface area contributed by atoms with E-state index in [1.54, 1.807) is 0 Å². The second kappa shape index (κ2) is 16.5. The van der Waals surface area contributed by atoms with Gasteiger partial charge in [0, 0.05) is 19.3 Å². The minimum Gasteiger partial charge on any atom is -0.480 e. The van der Waals surface area contributed by atoms with Crippen molar-refractivity contribution in [3.05, 3.63) is 0 Å². The highest BCUT2D eigenvalue weighted by molar-refractivity contribution is 5.80. The van der Waals surface area contributed by atoms with Crippen LogP contribution in [0.5, 0.6) is 0 Å². The Morgan fingerprint density at radius 3 is 1.38 bits per heavy atom. The molecule has 0 radical (unpaired) electrons. The molecule has 0 saturated carbocycles. The number of ketones is 1. The van der Waals surface area contributed by atoms with E-state index < -0.39 is 30.2 Å². The molecule has 6 N–H and O–H groups in total. The predicted octanol–water partition coefficient (Wildman–Crippen LogP) is -1.16. The molecule has 0 fully saturated rings. The SMILES string of the molecule is C#CC[C@@H](N)C(=O)O.C#CC[C@@H](O)C(=O)O.C#CC[C@@H](O)C(C)=O. The Morgan fingerprint density at radius 2 is 1.25 bits per heavy atom. The van der Waals surface area contributed by atoms with Crippen molar-refractivity contribution in [1.29, 1.82) is 0 Å². The molecule has 0 aliphatic carbocycles. The van der Waals surface area contributed by atoms with E-state index in [1.807, 2.05) is 5.92 Å². The highest BCUT2D eigenvalue weighted by Crippen LogP contribution is 1.88. The number of carbonyl (C=O) groups is 3. The van der Waals surface area contributed by atoms with Gasteiger partial charge in [0.05, 0.1) is 0 Å². The number of aliphatic carboxylic acids is 2. The van der Waals surface area contributed by atoms with Gasteiger partial charge in [0.15, 0.2) is 11.9 Å². The molecule has 0 aromatic carbocycles. The van der Waals surface area contributed by atoms with Crippen molar-refractivity contribution in [1.82, 2.24) is 0 Å². The van der Waals surface area contributed by atoms with Gasteiger partial charge in [-0.1, -0.05) is 0 Å². The van der Waals surface area contributed by atoms with Gasteiger partial charge >= 0.3 is 11.9 Å². The molecule has 0 bridgehead atoms. The molecule has 0 amide bonds. The Kier molecular flexibility index (Phi) is 18.0. The molecular weight excluding hydrogens is 318 g/mol. The van der Waals surface area contributed by atoms with Gasteiger partial charge in [-0.25, -0.2) is 4.79 Å². The predicted molar refractivity (Wildman–Crippen MR) is 86.3 cm³/mol. The molecular formula is C16H21NO7. The molecule has 0 aliphatic heterocycles. The summed E-state index contributed by atoms with van der Waals surface area (Å²) in [5.74, 6) is 3.74. The molecule has 3 atom stereocenters. The molecule has 0 saturated heterocycles. The maximum absolute atomic E-state index is 10.2. The average Bonchev–Trinajstić information content (AvgIpc) is 2.49. The molecule has 24 heavy (non-hydrogen) atoms.